The van der Waals surface area contributed by atoms with Crippen molar-refractivity contribution in [2.75, 3.05) is 18.5 Å². The van der Waals surface area contributed by atoms with Crippen molar-refractivity contribution in [3.05, 3.63) is 16.0 Å². The Bertz CT molecular complexity index is 942. The molecule has 1 aromatic heterocycles. The van der Waals surface area contributed by atoms with Crippen molar-refractivity contribution >= 4 is 45.8 Å². The van der Waals surface area contributed by atoms with E-state index in [1.54, 1.807) is 6.92 Å². The van der Waals surface area contributed by atoms with Crippen LogP contribution in [0.15, 0.2) is 0 Å². The van der Waals surface area contributed by atoms with Crippen LogP contribution in [-0.4, -0.2) is 35.9 Å². The minimum atomic E-state index is -0.537. The van der Waals surface area contributed by atoms with Gasteiger partial charge in [-0.25, -0.2) is 4.79 Å². The molecule has 1 aromatic rings. The van der Waals surface area contributed by atoms with Crippen LogP contribution in [0.1, 0.15) is 79.1 Å². The molecule has 174 valence electrons. The number of halogens is 1. The number of hydrogen-bond donors (Lipinski definition) is 1. The molecule has 1 heterocycles. The molecule has 5 aliphatic rings. The van der Waals surface area contributed by atoms with Crippen molar-refractivity contribution in [3.63, 3.8) is 0 Å². The highest BCUT2D eigenvalue weighted by Gasteiger charge is 2.60. The van der Waals surface area contributed by atoms with Crippen LogP contribution in [0.2, 0.25) is 0 Å². The molecule has 6 nitrogen and oxygen atoms in total. The molecule has 0 saturated heterocycles. The van der Waals surface area contributed by atoms with E-state index in [4.69, 9.17) is 21.1 Å². The summed E-state index contributed by atoms with van der Waals surface area (Å²) >= 11 is 8.26. The highest BCUT2D eigenvalue weighted by molar-refractivity contribution is 7.17. The SMILES string of the molecule is CCOC(=O)c1c(NC(=O)COC(=O)C23C[C@H]4C[C@@H](CC(Cl)(C4)C2)C3)sc2c1CCCC2. The lowest BCUT2D eigenvalue weighted by atomic mass is 9.49. The molecule has 0 unspecified atom stereocenters. The van der Waals surface area contributed by atoms with Crippen LogP contribution in [0.25, 0.3) is 0 Å². The number of fused-ring (bicyclic) bond motifs is 1. The van der Waals surface area contributed by atoms with Gasteiger partial charge in [0.1, 0.15) is 5.00 Å². The summed E-state index contributed by atoms with van der Waals surface area (Å²) < 4.78 is 10.8. The van der Waals surface area contributed by atoms with Crippen molar-refractivity contribution in [1.29, 1.82) is 0 Å². The van der Waals surface area contributed by atoms with Crippen molar-refractivity contribution in [2.45, 2.75) is 76.0 Å². The third-order valence-corrected chi connectivity index (χ3v) is 9.31. The number of rotatable bonds is 6. The fraction of sp³-hybridized carbons (Fsp3) is 0.708. The molecule has 6 rings (SSSR count). The molecule has 5 aliphatic carbocycles. The molecule has 4 bridgehead atoms. The van der Waals surface area contributed by atoms with E-state index >= 15 is 0 Å². The van der Waals surface area contributed by atoms with Crippen LogP contribution < -0.4 is 5.32 Å². The Morgan fingerprint density at radius 3 is 2.50 bits per heavy atom. The van der Waals surface area contributed by atoms with Crippen molar-refractivity contribution < 1.29 is 23.9 Å². The summed E-state index contributed by atoms with van der Waals surface area (Å²) in [5.74, 6) is -0.143. The number of ether oxygens (including phenoxy) is 2. The second kappa shape index (κ2) is 8.32. The monoisotopic (exact) mass is 479 g/mol. The highest BCUT2D eigenvalue weighted by Crippen LogP contribution is 2.64. The molecular weight excluding hydrogens is 450 g/mol. The minimum absolute atomic E-state index is 0.278. The van der Waals surface area contributed by atoms with E-state index < -0.39 is 17.3 Å². The summed E-state index contributed by atoms with van der Waals surface area (Å²) in [5, 5.41) is 3.32. The number of anilines is 1. The van der Waals surface area contributed by atoms with Crippen LogP contribution in [0.5, 0.6) is 0 Å². The third-order valence-electron chi connectivity index (χ3n) is 7.66. The summed E-state index contributed by atoms with van der Waals surface area (Å²) in [5.41, 5.74) is 0.925. The molecule has 0 aromatic carbocycles. The van der Waals surface area contributed by atoms with E-state index in [0.29, 0.717) is 28.8 Å². The predicted octanol–water partition coefficient (Wildman–Crippen LogP) is 4.86. The maximum atomic E-state index is 13.1. The largest absolute Gasteiger partial charge is 0.462 e. The first-order chi connectivity index (χ1) is 15.3. The number of nitrogens with one attached hydrogen (secondary N) is 1. The summed E-state index contributed by atoms with van der Waals surface area (Å²) in [6, 6.07) is 0. The van der Waals surface area contributed by atoms with Gasteiger partial charge in [-0.05, 0) is 88.5 Å². The number of carbonyl (C=O) groups is 3. The lowest BCUT2D eigenvalue weighted by molar-refractivity contribution is -0.171. The van der Waals surface area contributed by atoms with Crippen molar-refractivity contribution in [2.24, 2.45) is 17.3 Å². The Kier molecular flexibility index (Phi) is 5.77. The van der Waals surface area contributed by atoms with E-state index in [0.717, 1.165) is 68.2 Å². The van der Waals surface area contributed by atoms with Gasteiger partial charge in [0.2, 0.25) is 0 Å². The first kappa shape index (κ1) is 22.2. The van der Waals surface area contributed by atoms with Crippen LogP contribution >= 0.6 is 22.9 Å². The normalized spacial score (nSPS) is 32.3. The lowest BCUT2D eigenvalue weighted by Crippen LogP contribution is -2.56. The molecule has 0 aliphatic heterocycles. The summed E-state index contributed by atoms with van der Waals surface area (Å²) in [6.07, 6.45) is 9.24. The van der Waals surface area contributed by atoms with Gasteiger partial charge in [-0.3, -0.25) is 9.59 Å². The van der Waals surface area contributed by atoms with E-state index in [-0.39, 0.29) is 24.1 Å². The van der Waals surface area contributed by atoms with E-state index in [1.807, 2.05) is 0 Å². The molecule has 8 heteroatoms. The summed E-state index contributed by atoms with van der Waals surface area (Å²) in [7, 11) is 0. The molecule has 32 heavy (non-hydrogen) atoms. The number of carbonyl (C=O) groups excluding carboxylic acids is 3. The van der Waals surface area contributed by atoms with Crippen LogP contribution in [0.3, 0.4) is 0 Å². The first-order valence-corrected chi connectivity index (χ1v) is 13.0. The third kappa shape index (κ3) is 3.96. The summed E-state index contributed by atoms with van der Waals surface area (Å²) in [6.45, 7) is 1.69. The average molecular weight is 480 g/mol. The van der Waals surface area contributed by atoms with Crippen molar-refractivity contribution in [1.82, 2.24) is 0 Å². The minimum Gasteiger partial charge on any atom is -0.462 e. The van der Waals surface area contributed by atoms with Gasteiger partial charge in [0.15, 0.2) is 6.61 Å². The van der Waals surface area contributed by atoms with Gasteiger partial charge in [-0.15, -0.1) is 22.9 Å². The maximum Gasteiger partial charge on any atom is 0.341 e. The van der Waals surface area contributed by atoms with Crippen LogP contribution in [0, 0.1) is 17.3 Å². The number of aryl methyl sites for hydroxylation is 1. The van der Waals surface area contributed by atoms with E-state index in [9.17, 15) is 14.4 Å². The number of amides is 1. The fourth-order valence-electron chi connectivity index (χ4n) is 6.91. The van der Waals surface area contributed by atoms with Gasteiger partial charge in [-0.2, -0.15) is 0 Å². The second-order valence-corrected chi connectivity index (χ2v) is 12.1. The first-order valence-electron chi connectivity index (χ1n) is 11.8. The number of hydrogen-bond acceptors (Lipinski definition) is 6. The quantitative estimate of drug-likeness (QED) is 0.465. The van der Waals surface area contributed by atoms with Crippen LogP contribution in [-0.2, 0) is 31.9 Å². The van der Waals surface area contributed by atoms with Crippen LogP contribution in [0.4, 0.5) is 5.00 Å². The zero-order valence-electron chi connectivity index (χ0n) is 18.5. The Labute approximate surface area is 197 Å². The highest BCUT2D eigenvalue weighted by atomic mass is 35.5. The molecule has 0 radical (unpaired) electrons. The Balaban J connectivity index is 1.25. The number of alkyl halides is 1. The zero-order valence-corrected chi connectivity index (χ0v) is 20.0. The van der Waals surface area contributed by atoms with E-state index in [2.05, 4.69) is 5.32 Å². The molecule has 0 spiro atoms. The van der Waals surface area contributed by atoms with E-state index in [1.165, 1.54) is 11.3 Å². The summed E-state index contributed by atoms with van der Waals surface area (Å²) in [4.78, 5) is 39.2. The smallest absolute Gasteiger partial charge is 0.341 e. The van der Waals surface area contributed by atoms with Gasteiger partial charge in [-0.1, -0.05) is 0 Å². The number of thiophene rings is 1. The molecule has 1 amide bonds. The topological polar surface area (TPSA) is 81.7 Å². The molecule has 4 saturated carbocycles. The Morgan fingerprint density at radius 2 is 1.81 bits per heavy atom. The standard InChI is InChI=1S/C24H30ClNO5S/c1-2-30-21(28)19-16-5-3-4-6-17(16)32-20(19)26-18(27)12-31-22(29)23-8-14-7-15(9-23)11-24(25,10-14)13-23/h14-15H,2-13H2,1H3,(H,26,27)/t14-,15-,23?,24?/m1/s1. The Morgan fingerprint density at radius 1 is 1.09 bits per heavy atom. The second-order valence-electron chi connectivity index (χ2n) is 10.2. The molecular formula is C24H30ClNO5S. The molecule has 2 atom stereocenters. The maximum absolute atomic E-state index is 13.1. The van der Waals surface area contributed by atoms with Gasteiger partial charge in [0, 0.05) is 9.75 Å². The molecule has 1 N–H and O–H groups in total. The Hall–Kier alpha value is -1.60. The predicted molar refractivity (Wildman–Crippen MR) is 122 cm³/mol. The number of esters is 2. The molecule has 4 fully saturated rings. The van der Waals surface area contributed by atoms with Gasteiger partial charge in [0.05, 0.1) is 17.6 Å². The lowest BCUT2D eigenvalue weighted by Gasteiger charge is -2.58. The van der Waals surface area contributed by atoms with Crippen molar-refractivity contribution in [3.8, 4) is 0 Å². The van der Waals surface area contributed by atoms with Gasteiger partial charge in [0.25, 0.3) is 5.91 Å². The van der Waals surface area contributed by atoms with Gasteiger partial charge < -0.3 is 14.8 Å². The zero-order chi connectivity index (χ0) is 22.5. The fourth-order valence-corrected chi connectivity index (χ4v) is 8.90. The van der Waals surface area contributed by atoms with Gasteiger partial charge >= 0.3 is 11.9 Å². The average Bonchev–Trinajstić information content (AvgIpc) is 3.08.